The normalized spacial score (nSPS) is 11.6. The SMILES string of the molecule is Cc1cc(N)ncc1C=CCCNC(=O)OC(C)(C)C. The number of hydrogen-bond acceptors (Lipinski definition) is 4. The van der Waals surface area contributed by atoms with Gasteiger partial charge in [-0.2, -0.15) is 0 Å². The van der Waals surface area contributed by atoms with Crippen LogP contribution in [0.4, 0.5) is 10.6 Å². The van der Waals surface area contributed by atoms with E-state index in [-0.39, 0.29) is 0 Å². The van der Waals surface area contributed by atoms with Gasteiger partial charge in [0.2, 0.25) is 0 Å². The number of nitrogens with zero attached hydrogens (tertiary/aromatic N) is 1. The standard InChI is InChI=1S/C15H23N3O2/c1-11-9-13(16)18-10-12(11)7-5-6-8-17-14(19)20-15(2,3)4/h5,7,9-10H,6,8H2,1-4H3,(H2,16,18)(H,17,19). The Bertz CT molecular complexity index is 490. The van der Waals surface area contributed by atoms with Crippen LogP contribution in [0.15, 0.2) is 18.3 Å². The first-order valence-corrected chi connectivity index (χ1v) is 6.63. The van der Waals surface area contributed by atoms with E-state index in [0.29, 0.717) is 12.4 Å². The number of nitrogen functional groups attached to an aromatic ring is 1. The lowest BCUT2D eigenvalue weighted by Crippen LogP contribution is -2.32. The van der Waals surface area contributed by atoms with Crippen molar-refractivity contribution in [2.24, 2.45) is 0 Å². The molecule has 1 aromatic rings. The molecule has 0 aromatic carbocycles. The van der Waals surface area contributed by atoms with Crippen LogP contribution in [0, 0.1) is 6.92 Å². The molecule has 0 spiro atoms. The molecule has 0 aliphatic heterocycles. The van der Waals surface area contributed by atoms with Gasteiger partial charge in [0, 0.05) is 12.7 Å². The third kappa shape index (κ3) is 6.22. The van der Waals surface area contributed by atoms with E-state index in [2.05, 4.69) is 10.3 Å². The van der Waals surface area contributed by atoms with Crippen molar-refractivity contribution >= 4 is 18.0 Å². The third-order valence-electron chi connectivity index (χ3n) is 2.45. The van der Waals surface area contributed by atoms with Crippen LogP contribution >= 0.6 is 0 Å². The van der Waals surface area contributed by atoms with Gasteiger partial charge in [0.15, 0.2) is 0 Å². The number of ether oxygens (including phenoxy) is 1. The molecule has 0 radical (unpaired) electrons. The Hall–Kier alpha value is -2.04. The van der Waals surface area contributed by atoms with E-state index in [1.807, 2.05) is 45.9 Å². The number of aryl methyl sites for hydroxylation is 1. The molecule has 1 heterocycles. The van der Waals surface area contributed by atoms with Crippen LogP contribution in [0.2, 0.25) is 0 Å². The summed E-state index contributed by atoms with van der Waals surface area (Å²) >= 11 is 0. The molecule has 0 atom stereocenters. The monoisotopic (exact) mass is 277 g/mol. The van der Waals surface area contributed by atoms with Crippen LogP contribution in [0.5, 0.6) is 0 Å². The van der Waals surface area contributed by atoms with Gasteiger partial charge < -0.3 is 15.8 Å². The number of carbonyl (C=O) groups is 1. The minimum absolute atomic E-state index is 0.392. The van der Waals surface area contributed by atoms with E-state index in [1.165, 1.54) is 0 Å². The quantitative estimate of drug-likeness (QED) is 0.830. The highest BCUT2D eigenvalue weighted by atomic mass is 16.6. The lowest BCUT2D eigenvalue weighted by molar-refractivity contribution is 0.0529. The topological polar surface area (TPSA) is 77.2 Å². The predicted octanol–water partition coefficient (Wildman–Crippen LogP) is 2.90. The van der Waals surface area contributed by atoms with Gasteiger partial charge in [-0.25, -0.2) is 9.78 Å². The fraction of sp³-hybridized carbons (Fsp3) is 0.467. The Labute approximate surface area is 120 Å². The third-order valence-corrected chi connectivity index (χ3v) is 2.45. The number of carbonyl (C=O) groups excluding carboxylic acids is 1. The van der Waals surface area contributed by atoms with E-state index in [4.69, 9.17) is 10.5 Å². The number of hydrogen-bond donors (Lipinski definition) is 2. The molecule has 0 bridgehead atoms. The summed E-state index contributed by atoms with van der Waals surface area (Å²) < 4.78 is 5.14. The van der Waals surface area contributed by atoms with E-state index < -0.39 is 11.7 Å². The van der Waals surface area contributed by atoms with Crippen molar-refractivity contribution in [3.05, 3.63) is 29.5 Å². The highest BCUT2D eigenvalue weighted by Crippen LogP contribution is 2.11. The number of amides is 1. The number of rotatable bonds is 4. The fourth-order valence-electron chi connectivity index (χ4n) is 1.54. The summed E-state index contributed by atoms with van der Waals surface area (Å²) in [7, 11) is 0. The molecule has 0 aliphatic carbocycles. The van der Waals surface area contributed by atoms with Crippen molar-refractivity contribution < 1.29 is 9.53 Å². The number of aromatic nitrogens is 1. The zero-order chi connectivity index (χ0) is 15.2. The summed E-state index contributed by atoms with van der Waals surface area (Å²) in [6.07, 6.45) is 6.03. The Balaban J connectivity index is 2.34. The number of anilines is 1. The average molecular weight is 277 g/mol. The van der Waals surface area contributed by atoms with Gasteiger partial charge in [-0.15, -0.1) is 0 Å². The summed E-state index contributed by atoms with van der Waals surface area (Å²) in [5, 5.41) is 2.70. The van der Waals surface area contributed by atoms with Crippen LogP contribution in [0.1, 0.15) is 38.3 Å². The average Bonchev–Trinajstić information content (AvgIpc) is 2.28. The van der Waals surface area contributed by atoms with E-state index in [9.17, 15) is 4.79 Å². The zero-order valence-electron chi connectivity index (χ0n) is 12.6. The molecule has 0 aliphatic rings. The van der Waals surface area contributed by atoms with E-state index in [1.54, 1.807) is 6.20 Å². The van der Waals surface area contributed by atoms with Gasteiger partial charge in [-0.1, -0.05) is 12.2 Å². The van der Waals surface area contributed by atoms with E-state index in [0.717, 1.165) is 17.5 Å². The second kappa shape index (κ2) is 6.93. The van der Waals surface area contributed by atoms with Gasteiger partial charge in [0.1, 0.15) is 11.4 Å². The molecule has 3 N–H and O–H groups in total. The molecule has 1 rings (SSSR count). The number of nitrogens with two attached hydrogens (primary N) is 1. The molecule has 0 unspecified atom stereocenters. The highest BCUT2D eigenvalue weighted by Gasteiger charge is 2.15. The van der Waals surface area contributed by atoms with Crippen molar-refractivity contribution in [3.63, 3.8) is 0 Å². The molecular formula is C15H23N3O2. The molecule has 5 nitrogen and oxygen atoms in total. The Morgan fingerprint density at radius 3 is 2.80 bits per heavy atom. The van der Waals surface area contributed by atoms with Crippen LogP contribution in [0.25, 0.3) is 6.08 Å². The predicted molar refractivity (Wildman–Crippen MR) is 81.3 cm³/mol. The maximum Gasteiger partial charge on any atom is 0.407 e. The summed E-state index contributed by atoms with van der Waals surface area (Å²) in [5.74, 6) is 0.520. The molecule has 1 amide bonds. The van der Waals surface area contributed by atoms with Gasteiger partial charge in [-0.05, 0) is 51.3 Å². The molecule has 0 fully saturated rings. The summed E-state index contributed by atoms with van der Waals surface area (Å²) in [5.41, 5.74) is 7.23. The van der Waals surface area contributed by atoms with Gasteiger partial charge in [-0.3, -0.25) is 0 Å². The second-order valence-corrected chi connectivity index (χ2v) is 5.59. The smallest absolute Gasteiger partial charge is 0.407 e. The van der Waals surface area contributed by atoms with Gasteiger partial charge >= 0.3 is 6.09 Å². The number of pyridine rings is 1. The summed E-state index contributed by atoms with van der Waals surface area (Å²) in [4.78, 5) is 15.4. The first-order valence-electron chi connectivity index (χ1n) is 6.63. The maximum absolute atomic E-state index is 11.4. The minimum Gasteiger partial charge on any atom is -0.444 e. The molecule has 110 valence electrons. The first kappa shape index (κ1) is 16.0. The molecular weight excluding hydrogens is 254 g/mol. The highest BCUT2D eigenvalue weighted by molar-refractivity contribution is 5.67. The van der Waals surface area contributed by atoms with Crippen LogP contribution in [-0.4, -0.2) is 23.2 Å². The zero-order valence-corrected chi connectivity index (χ0v) is 12.6. The second-order valence-electron chi connectivity index (χ2n) is 5.59. The molecule has 0 saturated heterocycles. The van der Waals surface area contributed by atoms with Crippen LogP contribution in [0.3, 0.4) is 0 Å². The Kier molecular flexibility index (Phi) is 5.55. The minimum atomic E-state index is -0.466. The van der Waals surface area contributed by atoms with Gasteiger partial charge in [0.05, 0.1) is 0 Å². The Morgan fingerprint density at radius 2 is 2.20 bits per heavy atom. The number of alkyl carbamates (subject to hydrolysis) is 1. The summed E-state index contributed by atoms with van der Waals surface area (Å²) in [6.45, 7) is 8.03. The van der Waals surface area contributed by atoms with Crippen molar-refractivity contribution in [2.75, 3.05) is 12.3 Å². The first-order chi connectivity index (χ1) is 9.28. The lowest BCUT2D eigenvalue weighted by Gasteiger charge is -2.19. The van der Waals surface area contributed by atoms with Gasteiger partial charge in [0.25, 0.3) is 0 Å². The number of nitrogens with one attached hydrogen (secondary N) is 1. The Morgan fingerprint density at radius 1 is 1.50 bits per heavy atom. The molecule has 5 heteroatoms. The van der Waals surface area contributed by atoms with Crippen molar-refractivity contribution in [1.29, 1.82) is 0 Å². The largest absolute Gasteiger partial charge is 0.444 e. The van der Waals surface area contributed by atoms with Crippen molar-refractivity contribution in [2.45, 2.75) is 39.7 Å². The van der Waals surface area contributed by atoms with Crippen molar-refractivity contribution in [3.8, 4) is 0 Å². The molecule has 0 saturated carbocycles. The van der Waals surface area contributed by atoms with E-state index >= 15 is 0 Å². The maximum atomic E-state index is 11.4. The van der Waals surface area contributed by atoms with Crippen LogP contribution in [-0.2, 0) is 4.74 Å². The molecule has 20 heavy (non-hydrogen) atoms. The van der Waals surface area contributed by atoms with Crippen molar-refractivity contribution in [1.82, 2.24) is 10.3 Å². The summed E-state index contributed by atoms with van der Waals surface area (Å²) in [6, 6.07) is 1.83. The lowest BCUT2D eigenvalue weighted by atomic mass is 10.1. The van der Waals surface area contributed by atoms with Crippen LogP contribution < -0.4 is 11.1 Å². The fourth-order valence-corrected chi connectivity index (χ4v) is 1.54. The molecule has 1 aromatic heterocycles.